The lowest BCUT2D eigenvalue weighted by Gasteiger charge is -2.28. The van der Waals surface area contributed by atoms with Crippen LogP contribution >= 0.6 is 0 Å². The maximum absolute atomic E-state index is 13.9. The molecule has 1 aliphatic rings. The normalized spacial score (nSPS) is 15.2. The van der Waals surface area contributed by atoms with E-state index in [1.165, 1.54) is 18.2 Å². The standard InChI is InChI=1S/C18H26F2N2O2/c1-24-11-5-10-21-18(23)13-22(14-6-2-3-7-14)12-15-16(19)8-4-9-17(15)20/h4,8-9,14H,2-3,5-7,10-13H2,1H3,(H,21,23). The second-order valence-corrected chi connectivity index (χ2v) is 6.24. The average molecular weight is 340 g/mol. The molecule has 1 fully saturated rings. The number of nitrogens with one attached hydrogen (secondary N) is 1. The van der Waals surface area contributed by atoms with Gasteiger partial charge in [0.25, 0.3) is 0 Å². The molecule has 0 bridgehead atoms. The second kappa shape index (κ2) is 9.69. The zero-order valence-corrected chi connectivity index (χ0v) is 14.2. The molecule has 0 atom stereocenters. The summed E-state index contributed by atoms with van der Waals surface area (Å²) < 4.78 is 32.8. The van der Waals surface area contributed by atoms with Crippen LogP contribution < -0.4 is 5.32 Å². The van der Waals surface area contributed by atoms with Gasteiger partial charge in [0.1, 0.15) is 11.6 Å². The molecule has 1 aliphatic carbocycles. The zero-order chi connectivity index (χ0) is 17.4. The molecule has 0 heterocycles. The monoisotopic (exact) mass is 340 g/mol. The SMILES string of the molecule is COCCCNC(=O)CN(Cc1c(F)cccc1F)C1CCCC1. The highest BCUT2D eigenvalue weighted by molar-refractivity contribution is 5.78. The summed E-state index contributed by atoms with van der Waals surface area (Å²) in [5.41, 5.74) is 0.0385. The minimum absolute atomic E-state index is 0.0385. The highest BCUT2D eigenvalue weighted by Gasteiger charge is 2.26. The van der Waals surface area contributed by atoms with Crippen LogP contribution in [0.5, 0.6) is 0 Å². The molecule has 6 heteroatoms. The number of nitrogens with zero attached hydrogens (tertiary/aromatic N) is 1. The molecule has 1 N–H and O–H groups in total. The van der Waals surface area contributed by atoms with Crippen molar-refractivity contribution >= 4 is 5.91 Å². The Kier molecular flexibility index (Phi) is 7.59. The van der Waals surface area contributed by atoms with Crippen molar-refractivity contribution < 1.29 is 18.3 Å². The molecular weight excluding hydrogens is 314 g/mol. The summed E-state index contributed by atoms with van der Waals surface area (Å²) in [4.78, 5) is 14.1. The Balaban J connectivity index is 1.98. The number of amides is 1. The Hall–Kier alpha value is -1.53. The minimum Gasteiger partial charge on any atom is -0.385 e. The number of hydrogen-bond acceptors (Lipinski definition) is 3. The molecule has 1 aromatic rings. The lowest BCUT2D eigenvalue weighted by atomic mass is 10.1. The van der Waals surface area contributed by atoms with Crippen molar-refractivity contribution in [3.8, 4) is 0 Å². The van der Waals surface area contributed by atoms with E-state index in [0.717, 1.165) is 32.1 Å². The van der Waals surface area contributed by atoms with E-state index in [-0.39, 0.29) is 30.6 Å². The maximum atomic E-state index is 13.9. The summed E-state index contributed by atoms with van der Waals surface area (Å²) in [6.45, 7) is 1.41. The van der Waals surface area contributed by atoms with Gasteiger partial charge in [0.15, 0.2) is 0 Å². The van der Waals surface area contributed by atoms with Crippen molar-refractivity contribution in [1.29, 1.82) is 0 Å². The first kappa shape index (κ1) is 18.8. The van der Waals surface area contributed by atoms with E-state index in [2.05, 4.69) is 5.32 Å². The van der Waals surface area contributed by atoms with Crippen molar-refractivity contribution in [2.45, 2.75) is 44.7 Å². The molecule has 1 saturated carbocycles. The van der Waals surface area contributed by atoms with Gasteiger partial charge in [-0.1, -0.05) is 18.9 Å². The Morgan fingerprint density at radius 1 is 1.29 bits per heavy atom. The van der Waals surface area contributed by atoms with Crippen molar-refractivity contribution in [3.63, 3.8) is 0 Å². The number of carbonyl (C=O) groups is 1. The molecule has 2 rings (SSSR count). The third kappa shape index (κ3) is 5.53. The summed E-state index contributed by atoms with van der Waals surface area (Å²) in [5.74, 6) is -1.23. The predicted molar refractivity (Wildman–Crippen MR) is 88.5 cm³/mol. The summed E-state index contributed by atoms with van der Waals surface area (Å²) in [6, 6.07) is 4.08. The van der Waals surface area contributed by atoms with E-state index in [1.807, 2.05) is 4.90 Å². The number of rotatable bonds is 9. The van der Waals surface area contributed by atoms with Crippen molar-refractivity contribution in [3.05, 3.63) is 35.4 Å². The fraction of sp³-hybridized carbons (Fsp3) is 0.611. The first-order valence-corrected chi connectivity index (χ1v) is 8.54. The van der Waals surface area contributed by atoms with Crippen LogP contribution in [0.3, 0.4) is 0 Å². The Morgan fingerprint density at radius 3 is 2.58 bits per heavy atom. The summed E-state index contributed by atoms with van der Waals surface area (Å²) in [7, 11) is 1.62. The van der Waals surface area contributed by atoms with Crippen LogP contribution in [0.2, 0.25) is 0 Å². The van der Waals surface area contributed by atoms with Crippen LogP contribution in [0.25, 0.3) is 0 Å². The topological polar surface area (TPSA) is 41.6 Å². The van der Waals surface area contributed by atoms with Crippen LogP contribution in [-0.2, 0) is 16.1 Å². The first-order valence-electron chi connectivity index (χ1n) is 8.54. The summed E-state index contributed by atoms with van der Waals surface area (Å²) in [5, 5.41) is 2.84. The highest BCUT2D eigenvalue weighted by atomic mass is 19.1. The number of hydrogen-bond donors (Lipinski definition) is 1. The molecule has 0 saturated heterocycles. The Bertz CT molecular complexity index is 514. The van der Waals surface area contributed by atoms with E-state index < -0.39 is 11.6 Å². The third-order valence-electron chi connectivity index (χ3n) is 4.46. The van der Waals surface area contributed by atoms with Gasteiger partial charge in [-0.05, 0) is 31.4 Å². The molecule has 134 valence electrons. The molecule has 0 aliphatic heterocycles. The van der Waals surface area contributed by atoms with Crippen molar-refractivity contribution in [2.75, 3.05) is 26.8 Å². The fourth-order valence-electron chi connectivity index (χ4n) is 3.15. The van der Waals surface area contributed by atoms with Gasteiger partial charge in [-0.2, -0.15) is 0 Å². The highest BCUT2D eigenvalue weighted by Crippen LogP contribution is 2.26. The molecule has 24 heavy (non-hydrogen) atoms. The number of benzene rings is 1. The lowest BCUT2D eigenvalue weighted by Crippen LogP contribution is -2.42. The summed E-state index contributed by atoms with van der Waals surface area (Å²) in [6.07, 6.45) is 4.86. The number of ether oxygens (including phenoxy) is 1. The first-order chi connectivity index (χ1) is 11.6. The van der Waals surface area contributed by atoms with Crippen LogP contribution in [-0.4, -0.2) is 43.7 Å². The van der Waals surface area contributed by atoms with Gasteiger partial charge in [-0.15, -0.1) is 0 Å². The van der Waals surface area contributed by atoms with Crippen LogP contribution in [0, 0.1) is 11.6 Å². The second-order valence-electron chi connectivity index (χ2n) is 6.24. The molecule has 4 nitrogen and oxygen atoms in total. The number of methoxy groups -OCH3 is 1. The molecule has 0 unspecified atom stereocenters. The zero-order valence-electron chi connectivity index (χ0n) is 14.2. The van der Waals surface area contributed by atoms with Gasteiger partial charge in [0.05, 0.1) is 6.54 Å². The molecule has 1 amide bonds. The van der Waals surface area contributed by atoms with E-state index in [4.69, 9.17) is 4.74 Å². The predicted octanol–water partition coefficient (Wildman–Crippen LogP) is 2.86. The molecule has 0 spiro atoms. The van der Waals surface area contributed by atoms with E-state index in [1.54, 1.807) is 7.11 Å². The lowest BCUT2D eigenvalue weighted by molar-refractivity contribution is -0.123. The Labute approximate surface area is 142 Å². The third-order valence-corrected chi connectivity index (χ3v) is 4.46. The molecule has 0 radical (unpaired) electrons. The molecular formula is C18H26F2N2O2. The van der Waals surface area contributed by atoms with Gasteiger partial charge >= 0.3 is 0 Å². The van der Waals surface area contributed by atoms with E-state index in [9.17, 15) is 13.6 Å². The number of carbonyl (C=O) groups excluding carboxylic acids is 1. The van der Waals surface area contributed by atoms with Gasteiger partial charge in [-0.3, -0.25) is 9.69 Å². The van der Waals surface area contributed by atoms with Crippen molar-refractivity contribution in [1.82, 2.24) is 10.2 Å². The van der Waals surface area contributed by atoms with Gasteiger partial charge in [-0.25, -0.2) is 8.78 Å². The van der Waals surface area contributed by atoms with E-state index >= 15 is 0 Å². The quantitative estimate of drug-likeness (QED) is 0.703. The van der Waals surface area contributed by atoms with Crippen LogP contribution in [0.15, 0.2) is 18.2 Å². The van der Waals surface area contributed by atoms with E-state index in [0.29, 0.717) is 13.2 Å². The maximum Gasteiger partial charge on any atom is 0.234 e. The minimum atomic E-state index is -0.557. The fourth-order valence-corrected chi connectivity index (χ4v) is 3.15. The largest absolute Gasteiger partial charge is 0.385 e. The molecule has 0 aromatic heterocycles. The van der Waals surface area contributed by atoms with Gasteiger partial charge in [0, 0.05) is 38.4 Å². The summed E-state index contributed by atoms with van der Waals surface area (Å²) >= 11 is 0. The number of halogens is 2. The van der Waals surface area contributed by atoms with Crippen molar-refractivity contribution in [2.24, 2.45) is 0 Å². The Morgan fingerprint density at radius 2 is 1.96 bits per heavy atom. The van der Waals surface area contributed by atoms with Crippen LogP contribution in [0.1, 0.15) is 37.7 Å². The smallest absolute Gasteiger partial charge is 0.234 e. The van der Waals surface area contributed by atoms with Crippen LogP contribution in [0.4, 0.5) is 8.78 Å². The average Bonchev–Trinajstić information content (AvgIpc) is 3.08. The molecule has 1 aromatic carbocycles. The van der Waals surface area contributed by atoms with Gasteiger partial charge < -0.3 is 10.1 Å². The van der Waals surface area contributed by atoms with Gasteiger partial charge in [0.2, 0.25) is 5.91 Å².